The lowest BCUT2D eigenvalue weighted by molar-refractivity contribution is 0.664. The van der Waals surface area contributed by atoms with Crippen molar-refractivity contribution in [3.8, 4) is 0 Å². The van der Waals surface area contributed by atoms with E-state index >= 15 is 0 Å². The molecule has 0 radical (unpaired) electrons. The lowest BCUT2D eigenvalue weighted by Crippen LogP contribution is -2.15. The van der Waals surface area contributed by atoms with Gasteiger partial charge in [0.25, 0.3) is 0 Å². The third-order valence-corrected chi connectivity index (χ3v) is 4.17. The summed E-state index contributed by atoms with van der Waals surface area (Å²) in [6.45, 7) is 0. The van der Waals surface area contributed by atoms with Gasteiger partial charge in [-0.2, -0.15) is 0 Å². The molecule has 0 spiro atoms. The maximum Gasteiger partial charge on any atom is 0.0546 e. The van der Waals surface area contributed by atoms with Crippen molar-refractivity contribution in [3.05, 3.63) is 27.7 Å². The quantitative estimate of drug-likeness (QED) is 0.799. The predicted molar refractivity (Wildman–Crippen MR) is 59.0 cm³/mol. The first-order chi connectivity index (χ1) is 6.24. The molecule has 1 unspecified atom stereocenters. The summed E-state index contributed by atoms with van der Waals surface area (Å²) in [7, 11) is 1.94. The van der Waals surface area contributed by atoms with Gasteiger partial charge < -0.3 is 5.32 Å². The van der Waals surface area contributed by atoms with Gasteiger partial charge in [-0.25, -0.2) is 0 Å². The van der Waals surface area contributed by atoms with Crippen LogP contribution in [0.15, 0.2) is 17.0 Å². The number of halogens is 2. The second kappa shape index (κ2) is 3.70. The number of rotatable bonds is 1. The van der Waals surface area contributed by atoms with E-state index in [0.29, 0.717) is 6.04 Å². The molecule has 70 valence electrons. The second-order valence-electron chi connectivity index (χ2n) is 2.92. The van der Waals surface area contributed by atoms with Crippen molar-refractivity contribution in [2.24, 2.45) is 0 Å². The van der Waals surface area contributed by atoms with Crippen LogP contribution in [0.5, 0.6) is 0 Å². The van der Waals surface area contributed by atoms with Gasteiger partial charge in [0.2, 0.25) is 0 Å². The number of thioether (sulfide) groups is 1. The molecule has 1 N–H and O–H groups in total. The van der Waals surface area contributed by atoms with Crippen LogP contribution in [0.3, 0.4) is 0 Å². The van der Waals surface area contributed by atoms with Crippen LogP contribution in [0.25, 0.3) is 0 Å². The monoisotopic (exact) mass is 233 g/mol. The Hall–Kier alpha value is 0.110. The normalized spacial score (nSPS) is 20.4. The summed E-state index contributed by atoms with van der Waals surface area (Å²) in [5.74, 6) is 1.01. The molecule has 0 fully saturated rings. The molecule has 1 atom stereocenters. The molecule has 0 aliphatic carbocycles. The van der Waals surface area contributed by atoms with E-state index < -0.39 is 0 Å². The summed E-state index contributed by atoms with van der Waals surface area (Å²) in [6.07, 6.45) is 0. The van der Waals surface area contributed by atoms with E-state index in [1.165, 1.54) is 0 Å². The van der Waals surface area contributed by atoms with Gasteiger partial charge in [-0.1, -0.05) is 23.2 Å². The number of benzene rings is 1. The van der Waals surface area contributed by atoms with E-state index in [-0.39, 0.29) is 0 Å². The van der Waals surface area contributed by atoms with Crippen LogP contribution < -0.4 is 5.32 Å². The molecular formula is C9H9Cl2NS. The third-order valence-electron chi connectivity index (χ3n) is 2.19. The smallest absolute Gasteiger partial charge is 0.0546 e. The minimum Gasteiger partial charge on any atom is -0.312 e. The highest BCUT2D eigenvalue weighted by Crippen LogP contribution is 2.45. The van der Waals surface area contributed by atoms with Crippen molar-refractivity contribution in [1.29, 1.82) is 0 Å². The van der Waals surface area contributed by atoms with Crippen LogP contribution in [0.2, 0.25) is 10.0 Å². The SMILES string of the molecule is CNC1CSc2c(Cl)ccc(Cl)c21. The topological polar surface area (TPSA) is 12.0 Å². The predicted octanol–water partition coefficient (Wildman–Crippen LogP) is 3.36. The fraction of sp³-hybridized carbons (Fsp3) is 0.333. The van der Waals surface area contributed by atoms with Crippen molar-refractivity contribution in [2.75, 3.05) is 12.8 Å². The summed E-state index contributed by atoms with van der Waals surface area (Å²) < 4.78 is 0. The zero-order valence-electron chi connectivity index (χ0n) is 7.10. The molecular weight excluding hydrogens is 225 g/mol. The fourth-order valence-electron chi connectivity index (χ4n) is 1.50. The first-order valence-electron chi connectivity index (χ1n) is 4.02. The van der Waals surface area contributed by atoms with Gasteiger partial charge in [-0.15, -0.1) is 11.8 Å². The van der Waals surface area contributed by atoms with Crippen molar-refractivity contribution >= 4 is 35.0 Å². The second-order valence-corrected chi connectivity index (χ2v) is 4.77. The molecule has 2 rings (SSSR count). The molecule has 4 heteroatoms. The van der Waals surface area contributed by atoms with Crippen molar-refractivity contribution in [3.63, 3.8) is 0 Å². The molecule has 1 aromatic carbocycles. The highest BCUT2D eigenvalue weighted by atomic mass is 35.5. The molecule has 0 saturated heterocycles. The lowest BCUT2D eigenvalue weighted by Gasteiger charge is -2.10. The van der Waals surface area contributed by atoms with E-state index in [1.807, 2.05) is 19.2 Å². The Morgan fingerprint density at radius 2 is 2.08 bits per heavy atom. The third kappa shape index (κ3) is 1.57. The van der Waals surface area contributed by atoms with Gasteiger partial charge in [0, 0.05) is 27.3 Å². The van der Waals surface area contributed by atoms with E-state index in [9.17, 15) is 0 Å². The molecule has 1 nitrogen and oxygen atoms in total. The summed E-state index contributed by atoms with van der Waals surface area (Å²) in [5.41, 5.74) is 1.15. The first-order valence-corrected chi connectivity index (χ1v) is 5.76. The van der Waals surface area contributed by atoms with E-state index in [2.05, 4.69) is 5.32 Å². The van der Waals surface area contributed by atoms with E-state index in [0.717, 1.165) is 26.3 Å². The van der Waals surface area contributed by atoms with Gasteiger partial charge >= 0.3 is 0 Å². The Labute approximate surface area is 91.8 Å². The van der Waals surface area contributed by atoms with Crippen molar-refractivity contribution in [1.82, 2.24) is 5.32 Å². The molecule has 13 heavy (non-hydrogen) atoms. The molecule has 0 aromatic heterocycles. The molecule has 0 amide bonds. The Morgan fingerprint density at radius 3 is 2.77 bits per heavy atom. The average molecular weight is 234 g/mol. The van der Waals surface area contributed by atoms with Crippen LogP contribution in [0, 0.1) is 0 Å². The zero-order chi connectivity index (χ0) is 9.42. The highest BCUT2D eigenvalue weighted by molar-refractivity contribution is 7.99. The van der Waals surface area contributed by atoms with Crippen LogP contribution in [0.1, 0.15) is 11.6 Å². The molecule has 0 saturated carbocycles. The van der Waals surface area contributed by atoms with Crippen LogP contribution in [-0.4, -0.2) is 12.8 Å². The molecule has 1 aliphatic heterocycles. The Morgan fingerprint density at radius 1 is 1.38 bits per heavy atom. The largest absolute Gasteiger partial charge is 0.312 e. The van der Waals surface area contributed by atoms with E-state index in [1.54, 1.807) is 11.8 Å². The first kappa shape index (κ1) is 9.66. The van der Waals surface area contributed by atoms with Gasteiger partial charge in [0.15, 0.2) is 0 Å². The number of fused-ring (bicyclic) bond motifs is 1. The number of hydrogen-bond acceptors (Lipinski definition) is 2. The van der Waals surface area contributed by atoms with E-state index in [4.69, 9.17) is 23.2 Å². The molecule has 0 bridgehead atoms. The van der Waals surface area contributed by atoms with Gasteiger partial charge in [0.1, 0.15) is 0 Å². The summed E-state index contributed by atoms with van der Waals surface area (Å²) in [4.78, 5) is 1.13. The molecule has 1 aliphatic rings. The number of hydrogen-bond donors (Lipinski definition) is 1. The molecule has 1 aromatic rings. The maximum absolute atomic E-state index is 6.10. The van der Waals surface area contributed by atoms with Gasteiger partial charge in [-0.3, -0.25) is 0 Å². The Balaban J connectivity index is 2.55. The van der Waals surface area contributed by atoms with Crippen molar-refractivity contribution in [2.45, 2.75) is 10.9 Å². The Kier molecular flexibility index (Phi) is 2.75. The minimum atomic E-state index is 0.339. The Bertz CT molecular complexity index is 341. The lowest BCUT2D eigenvalue weighted by atomic mass is 10.1. The summed E-state index contributed by atoms with van der Waals surface area (Å²) in [6, 6.07) is 4.05. The van der Waals surface area contributed by atoms with Crippen LogP contribution in [-0.2, 0) is 0 Å². The maximum atomic E-state index is 6.10. The molecule has 1 heterocycles. The standard InChI is InChI=1S/C9H9Cl2NS/c1-12-7-4-13-9-6(11)3-2-5(10)8(7)9/h2-3,7,12H,4H2,1H3. The minimum absolute atomic E-state index is 0.339. The number of nitrogens with one attached hydrogen (secondary N) is 1. The summed E-state index contributed by atoms with van der Waals surface area (Å²) >= 11 is 13.9. The van der Waals surface area contributed by atoms with Gasteiger partial charge in [-0.05, 0) is 19.2 Å². The van der Waals surface area contributed by atoms with Crippen LogP contribution in [0.4, 0.5) is 0 Å². The fourth-order valence-corrected chi connectivity index (χ4v) is 3.45. The van der Waals surface area contributed by atoms with Gasteiger partial charge in [0.05, 0.1) is 5.02 Å². The van der Waals surface area contributed by atoms with Crippen LogP contribution >= 0.6 is 35.0 Å². The van der Waals surface area contributed by atoms with Crippen molar-refractivity contribution < 1.29 is 0 Å². The average Bonchev–Trinajstić information content (AvgIpc) is 2.56. The summed E-state index contributed by atoms with van der Waals surface area (Å²) in [5, 5.41) is 4.84. The highest BCUT2D eigenvalue weighted by Gasteiger charge is 2.26. The zero-order valence-corrected chi connectivity index (χ0v) is 9.43.